The summed E-state index contributed by atoms with van der Waals surface area (Å²) < 4.78 is 6.12. The van der Waals surface area contributed by atoms with Gasteiger partial charge in [-0.1, -0.05) is 105 Å². The van der Waals surface area contributed by atoms with Crippen molar-refractivity contribution in [3.05, 3.63) is 151 Å². The maximum absolute atomic E-state index is 6.12. The van der Waals surface area contributed by atoms with Crippen molar-refractivity contribution in [2.45, 2.75) is 19.3 Å². The number of fused-ring (bicyclic) bond motifs is 6. The van der Waals surface area contributed by atoms with Gasteiger partial charge >= 0.3 is 0 Å². The number of furan rings is 1. The highest BCUT2D eigenvalue weighted by atomic mass is 16.3. The lowest BCUT2D eigenvalue weighted by Gasteiger charge is -2.21. The summed E-state index contributed by atoms with van der Waals surface area (Å²) in [4.78, 5) is 15.3. The molecule has 8 aromatic rings. The van der Waals surface area contributed by atoms with Gasteiger partial charge in [-0.15, -0.1) is 0 Å². The Balaban J connectivity index is 1.28. The van der Waals surface area contributed by atoms with Gasteiger partial charge in [0, 0.05) is 44.6 Å². The normalized spacial score (nSPS) is 13.2. The number of nitrogens with zero attached hydrogens (tertiary/aromatic N) is 3. The Kier molecular flexibility index (Phi) is 5.81. The van der Waals surface area contributed by atoms with Gasteiger partial charge in [0.2, 0.25) is 0 Å². The van der Waals surface area contributed by atoms with Crippen LogP contribution in [0.1, 0.15) is 25.0 Å². The lowest BCUT2D eigenvalue weighted by Crippen LogP contribution is -2.14. The molecule has 46 heavy (non-hydrogen) atoms. The summed E-state index contributed by atoms with van der Waals surface area (Å²) in [5.74, 6) is 0.683. The number of para-hydroxylation sites is 1. The van der Waals surface area contributed by atoms with E-state index in [0.717, 1.165) is 61.3 Å². The van der Waals surface area contributed by atoms with E-state index in [-0.39, 0.29) is 5.41 Å². The van der Waals surface area contributed by atoms with Crippen LogP contribution in [0.2, 0.25) is 0 Å². The molecule has 0 saturated carbocycles. The Morgan fingerprint density at radius 1 is 0.522 bits per heavy atom. The summed E-state index contributed by atoms with van der Waals surface area (Å²) in [5, 5.41) is 2.16. The fourth-order valence-electron chi connectivity index (χ4n) is 7.12. The topological polar surface area (TPSA) is 51.8 Å². The number of aromatic nitrogens is 3. The highest BCUT2D eigenvalue weighted by Gasteiger charge is 2.36. The van der Waals surface area contributed by atoms with Crippen molar-refractivity contribution in [2.24, 2.45) is 0 Å². The van der Waals surface area contributed by atoms with Gasteiger partial charge < -0.3 is 4.42 Å². The molecule has 0 fully saturated rings. The monoisotopic (exact) mass is 591 g/mol. The SMILES string of the molecule is CC1(C)c2ccccc2-c2c(-c3cc(-c4cccnc4-c4ccc5oc6ccccc6c5c4)nc(-c4ccccc4)n3)cccc21. The van der Waals surface area contributed by atoms with Crippen molar-refractivity contribution in [3.63, 3.8) is 0 Å². The van der Waals surface area contributed by atoms with Crippen LogP contribution in [0.3, 0.4) is 0 Å². The summed E-state index contributed by atoms with van der Waals surface area (Å²) >= 11 is 0. The minimum atomic E-state index is -0.105. The van der Waals surface area contributed by atoms with Crippen LogP contribution in [0.15, 0.2) is 144 Å². The molecule has 0 atom stereocenters. The third kappa shape index (κ3) is 4.04. The molecule has 3 heterocycles. The van der Waals surface area contributed by atoms with Crippen LogP contribution in [0, 0.1) is 0 Å². The van der Waals surface area contributed by atoms with E-state index in [1.165, 1.54) is 22.3 Å². The van der Waals surface area contributed by atoms with Gasteiger partial charge in [0.1, 0.15) is 11.2 Å². The predicted octanol–water partition coefficient (Wildman–Crippen LogP) is 10.7. The maximum atomic E-state index is 6.12. The Morgan fingerprint density at radius 2 is 1.22 bits per heavy atom. The van der Waals surface area contributed by atoms with Crippen molar-refractivity contribution in [1.82, 2.24) is 15.0 Å². The first-order valence-electron chi connectivity index (χ1n) is 15.6. The third-order valence-corrected chi connectivity index (χ3v) is 9.38. The van der Waals surface area contributed by atoms with Crippen molar-refractivity contribution in [1.29, 1.82) is 0 Å². The molecule has 1 aliphatic rings. The molecule has 218 valence electrons. The largest absolute Gasteiger partial charge is 0.456 e. The second-order valence-corrected chi connectivity index (χ2v) is 12.4. The summed E-state index contributed by atoms with van der Waals surface area (Å²) in [6.45, 7) is 4.62. The molecule has 1 aliphatic carbocycles. The first kappa shape index (κ1) is 26.5. The van der Waals surface area contributed by atoms with Gasteiger partial charge in [0.05, 0.1) is 17.1 Å². The van der Waals surface area contributed by atoms with E-state index in [2.05, 4.69) is 98.8 Å². The molecule has 3 aromatic heterocycles. The molecule has 5 aromatic carbocycles. The fraction of sp³-hybridized carbons (Fsp3) is 0.0714. The minimum Gasteiger partial charge on any atom is -0.456 e. The maximum Gasteiger partial charge on any atom is 0.160 e. The van der Waals surface area contributed by atoms with Gasteiger partial charge in [0.15, 0.2) is 5.82 Å². The van der Waals surface area contributed by atoms with Gasteiger partial charge in [-0.05, 0) is 64.7 Å². The van der Waals surface area contributed by atoms with Crippen molar-refractivity contribution >= 4 is 21.9 Å². The number of hydrogen-bond acceptors (Lipinski definition) is 4. The molecule has 0 unspecified atom stereocenters. The van der Waals surface area contributed by atoms with E-state index in [1.807, 2.05) is 54.7 Å². The van der Waals surface area contributed by atoms with Crippen LogP contribution >= 0.6 is 0 Å². The van der Waals surface area contributed by atoms with Crippen molar-refractivity contribution < 1.29 is 4.42 Å². The molecule has 0 bridgehead atoms. The van der Waals surface area contributed by atoms with E-state index in [4.69, 9.17) is 19.4 Å². The van der Waals surface area contributed by atoms with Crippen LogP contribution in [0.5, 0.6) is 0 Å². The molecule has 0 radical (unpaired) electrons. The molecule has 9 rings (SSSR count). The van der Waals surface area contributed by atoms with E-state index in [0.29, 0.717) is 5.82 Å². The molecular formula is C42H29N3O. The molecule has 0 saturated heterocycles. The van der Waals surface area contributed by atoms with E-state index in [1.54, 1.807) is 0 Å². The zero-order chi connectivity index (χ0) is 30.8. The Labute approximate surface area is 267 Å². The second-order valence-electron chi connectivity index (χ2n) is 12.4. The van der Waals surface area contributed by atoms with Crippen LogP contribution in [0.4, 0.5) is 0 Å². The minimum absolute atomic E-state index is 0.105. The Bertz CT molecular complexity index is 2460. The molecule has 0 spiro atoms. The fourth-order valence-corrected chi connectivity index (χ4v) is 7.12. The zero-order valence-corrected chi connectivity index (χ0v) is 25.5. The number of hydrogen-bond donors (Lipinski definition) is 0. The van der Waals surface area contributed by atoms with Crippen LogP contribution < -0.4 is 0 Å². The summed E-state index contributed by atoms with van der Waals surface area (Å²) in [5.41, 5.74) is 13.4. The van der Waals surface area contributed by atoms with E-state index in [9.17, 15) is 0 Å². The smallest absolute Gasteiger partial charge is 0.160 e. The average Bonchev–Trinajstić information content (AvgIpc) is 3.60. The number of benzene rings is 5. The average molecular weight is 592 g/mol. The second kappa shape index (κ2) is 10.1. The van der Waals surface area contributed by atoms with Crippen LogP contribution in [0.25, 0.3) is 78.2 Å². The molecule has 4 nitrogen and oxygen atoms in total. The van der Waals surface area contributed by atoms with Gasteiger partial charge in [-0.2, -0.15) is 0 Å². The van der Waals surface area contributed by atoms with Crippen molar-refractivity contribution in [3.8, 4) is 56.3 Å². The Morgan fingerprint density at radius 3 is 2.11 bits per heavy atom. The van der Waals surface area contributed by atoms with Crippen LogP contribution in [-0.2, 0) is 5.41 Å². The standard InChI is InChI=1S/C42H29N3O/c1-42(2)33-18-8-6-15-29(33)39-30(16-10-19-34(39)42)35-25-36(45-41(44-35)26-12-4-3-5-13-26)31-17-11-23-43-40(31)27-21-22-38-32(24-27)28-14-7-9-20-37(28)46-38/h3-25H,1-2H3. The van der Waals surface area contributed by atoms with Gasteiger partial charge in [0.25, 0.3) is 0 Å². The molecular weight excluding hydrogens is 562 g/mol. The molecule has 0 amide bonds. The zero-order valence-electron chi connectivity index (χ0n) is 25.5. The highest BCUT2D eigenvalue weighted by Crippen LogP contribution is 2.52. The molecule has 4 heteroatoms. The highest BCUT2D eigenvalue weighted by molar-refractivity contribution is 6.06. The first-order chi connectivity index (χ1) is 22.6. The number of pyridine rings is 1. The third-order valence-electron chi connectivity index (χ3n) is 9.38. The quantitative estimate of drug-likeness (QED) is 0.204. The van der Waals surface area contributed by atoms with Crippen molar-refractivity contribution in [2.75, 3.05) is 0 Å². The molecule has 0 aliphatic heterocycles. The number of rotatable bonds is 4. The first-order valence-corrected chi connectivity index (χ1v) is 15.6. The van der Waals surface area contributed by atoms with E-state index < -0.39 is 0 Å². The Hall–Kier alpha value is -5.87. The summed E-state index contributed by atoms with van der Waals surface area (Å²) in [6.07, 6.45) is 1.85. The van der Waals surface area contributed by atoms with Gasteiger partial charge in [-0.3, -0.25) is 4.98 Å². The predicted molar refractivity (Wildman–Crippen MR) is 186 cm³/mol. The lowest BCUT2D eigenvalue weighted by atomic mass is 9.82. The van der Waals surface area contributed by atoms with E-state index >= 15 is 0 Å². The summed E-state index contributed by atoms with van der Waals surface area (Å²) in [7, 11) is 0. The van der Waals surface area contributed by atoms with Gasteiger partial charge in [-0.25, -0.2) is 9.97 Å². The molecule has 0 N–H and O–H groups in total. The van der Waals surface area contributed by atoms with Crippen LogP contribution in [-0.4, -0.2) is 15.0 Å². The lowest BCUT2D eigenvalue weighted by molar-refractivity contribution is 0.660. The summed E-state index contributed by atoms with van der Waals surface area (Å²) in [6, 6.07) is 46.3.